The molecule has 1 aromatic heterocycles. The van der Waals surface area contributed by atoms with Crippen molar-refractivity contribution in [1.82, 2.24) is 10.3 Å². The first-order valence-electron chi connectivity index (χ1n) is 6.28. The lowest BCUT2D eigenvalue weighted by Crippen LogP contribution is -2.27. The highest BCUT2D eigenvalue weighted by molar-refractivity contribution is 5.94. The molecule has 0 radical (unpaired) electrons. The molecular weight excluding hydrogens is 240 g/mol. The Morgan fingerprint density at radius 3 is 2.63 bits per heavy atom. The number of carbonyl (C=O) groups excluding carboxylic acids is 1. The molecule has 1 heterocycles. The fourth-order valence-corrected chi connectivity index (χ4v) is 2.23. The smallest absolute Gasteiger partial charge is 0.252 e. The van der Waals surface area contributed by atoms with Crippen LogP contribution in [-0.2, 0) is 0 Å². The monoisotopic (exact) mass is 254 g/mol. The third-order valence-corrected chi connectivity index (χ3v) is 3.38. The highest BCUT2D eigenvalue weighted by Crippen LogP contribution is 2.40. The average Bonchev–Trinajstić information content (AvgIpc) is 3.20. The third kappa shape index (κ3) is 2.57. The van der Waals surface area contributed by atoms with E-state index in [-0.39, 0.29) is 17.5 Å². The van der Waals surface area contributed by atoms with Crippen LogP contribution in [0.3, 0.4) is 0 Å². The van der Waals surface area contributed by atoms with Crippen molar-refractivity contribution < 1.29 is 4.79 Å². The maximum atomic E-state index is 12.0. The molecule has 3 rings (SSSR count). The summed E-state index contributed by atoms with van der Waals surface area (Å²) in [5.41, 5.74) is 1.54. The van der Waals surface area contributed by atoms with Crippen LogP contribution in [0.1, 0.15) is 28.3 Å². The van der Waals surface area contributed by atoms with Crippen LogP contribution in [0.15, 0.2) is 53.5 Å². The molecule has 0 aliphatic heterocycles. The van der Waals surface area contributed by atoms with Crippen LogP contribution < -0.4 is 10.9 Å². The molecule has 0 spiro atoms. The number of aromatic nitrogens is 1. The first-order chi connectivity index (χ1) is 9.24. The van der Waals surface area contributed by atoms with Gasteiger partial charge in [0.05, 0.1) is 5.56 Å². The topological polar surface area (TPSA) is 62.0 Å². The van der Waals surface area contributed by atoms with Gasteiger partial charge in [-0.25, -0.2) is 0 Å². The number of hydrogen-bond donors (Lipinski definition) is 2. The Balaban J connectivity index is 1.63. The number of carbonyl (C=O) groups is 1. The normalized spacial score (nSPS) is 20.8. The molecule has 2 atom stereocenters. The minimum absolute atomic E-state index is 0.139. The summed E-state index contributed by atoms with van der Waals surface area (Å²) >= 11 is 0. The second-order valence-electron chi connectivity index (χ2n) is 4.77. The molecule has 0 bridgehead atoms. The molecule has 0 saturated heterocycles. The number of H-pyrrole nitrogens is 1. The second kappa shape index (κ2) is 4.72. The Hall–Kier alpha value is -2.36. The molecule has 1 amide bonds. The first kappa shape index (κ1) is 11.7. The van der Waals surface area contributed by atoms with E-state index in [0.717, 1.165) is 6.42 Å². The molecule has 1 fully saturated rings. The summed E-state index contributed by atoms with van der Waals surface area (Å²) in [5, 5.41) is 2.98. The van der Waals surface area contributed by atoms with Gasteiger partial charge in [-0.15, -0.1) is 0 Å². The third-order valence-electron chi connectivity index (χ3n) is 3.38. The zero-order chi connectivity index (χ0) is 13.2. The molecule has 4 heteroatoms. The van der Waals surface area contributed by atoms with Gasteiger partial charge in [0.1, 0.15) is 0 Å². The van der Waals surface area contributed by atoms with Gasteiger partial charge in [-0.2, -0.15) is 0 Å². The summed E-state index contributed by atoms with van der Waals surface area (Å²) in [6, 6.07) is 13.3. The lowest BCUT2D eigenvalue weighted by Gasteiger charge is -2.04. The van der Waals surface area contributed by atoms with Gasteiger partial charge >= 0.3 is 0 Å². The molecular formula is C15H14N2O2. The van der Waals surface area contributed by atoms with Crippen LogP contribution in [0.2, 0.25) is 0 Å². The van der Waals surface area contributed by atoms with Gasteiger partial charge in [0, 0.05) is 24.2 Å². The maximum absolute atomic E-state index is 12.0. The van der Waals surface area contributed by atoms with Crippen LogP contribution >= 0.6 is 0 Å². The molecule has 4 nitrogen and oxygen atoms in total. The zero-order valence-electron chi connectivity index (χ0n) is 10.3. The van der Waals surface area contributed by atoms with Crippen molar-refractivity contribution in [1.29, 1.82) is 0 Å². The summed E-state index contributed by atoms with van der Waals surface area (Å²) in [7, 11) is 0. The Bertz CT molecular complexity index is 628. The number of hydrogen-bond acceptors (Lipinski definition) is 2. The van der Waals surface area contributed by atoms with Crippen LogP contribution in [0.5, 0.6) is 0 Å². The quantitative estimate of drug-likeness (QED) is 0.875. The molecule has 1 aliphatic carbocycles. The van der Waals surface area contributed by atoms with Gasteiger partial charge in [-0.3, -0.25) is 9.59 Å². The number of rotatable bonds is 3. The highest BCUT2D eigenvalue weighted by Gasteiger charge is 2.39. The lowest BCUT2D eigenvalue weighted by atomic mass is 10.1. The van der Waals surface area contributed by atoms with Crippen LogP contribution in [0.4, 0.5) is 0 Å². The predicted molar refractivity (Wildman–Crippen MR) is 72.1 cm³/mol. The van der Waals surface area contributed by atoms with Crippen molar-refractivity contribution in [3.05, 3.63) is 70.1 Å². The van der Waals surface area contributed by atoms with Gasteiger partial charge in [0.2, 0.25) is 5.56 Å². The summed E-state index contributed by atoms with van der Waals surface area (Å²) in [4.78, 5) is 25.4. The first-order valence-corrected chi connectivity index (χ1v) is 6.28. The van der Waals surface area contributed by atoms with E-state index in [9.17, 15) is 9.59 Å². The number of benzene rings is 1. The van der Waals surface area contributed by atoms with Crippen LogP contribution in [0, 0.1) is 0 Å². The van der Waals surface area contributed by atoms with Gasteiger partial charge in [0.15, 0.2) is 0 Å². The number of nitrogens with one attached hydrogen (secondary N) is 2. The molecule has 96 valence electrons. The molecule has 2 N–H and O–H groups in total. The van der Waals surface area contributed by atoms with Gasteiger partial charge < -0.3 is 10.3 Å². The Labute approximate surface area is 110 Å². The fraction of sp³-hybridized carbons (Fsp3) is 0.200. The fourth-order valence-electron chi connectivity index (χ4n) is 2.23. The minimum Gasteiger partial charge on any atom is -0.349 e. The molecule has 0 unspecified atom stereocenters. The zero-order valence-corrected chi connectivity index (χ0v) is 10.3. The van der Waals surface area contributed by atoms with Crippen molar-refractivity contribution in [2.24, 2.45) is 0 Å². The van der Waals surface area contributed by atoms with Crippen molar-refractivity contribution in [3.8, 4) is 0 Å². The van der Waals surface area contributed by atoms with Crippen molar-refractivity contribution in [3.63, 3.8) is 0 Å². The van der Waals surface area contributed by atoms with E-state index in [2.05, 4.69) is 22.4 Å². The Morgan fingerprint density at radius 2 is 1.95 bits per heavy atom. The van der Waals surface area contributed by atoms with E-state index in [4.69, 9.17) is 0 Å². The van der Waals surface area contributed by atoms with Gasteiger partial charge in [-0.05, 0) is 18.1 Å². The number of amides is 1. The summed E-state index contributed by atoms with van der Waals surface area (Å²) in [5.74, 6) is 0.271. The van der Waals surface area contributed by atoms with Crippen LogP contribution in [-0.4, -0.2) is 16.9 Å². The predicted octanol–water partition coefficient (Wildman–Crippen LogP) is 1.66. The van der Waals surface area contributed by atoms with E-state index in [1.165, 1.54) is 23.9 Å². The van der Waals surface area contributed by atoms with Crippen LogP contribution in [0.25, 0.3) is 0 Å². The molecule has 1 saturated carbocycles. The number of aromatic amines is 1. The molecule has 1 aliphatic rings. The highest BCUT2D eigenvalue weighted by atomic mass is 16.2. The molecule has 1 aromatic carbocycles. The number of pyridine rings is 1. The van der Waals surface area contributed by atoms with E-state index in [1.807, 2.05) is 18.2 Å². The van der Waals surface area contributed by atoms with E-state index in [1.54, 1.807) is 0 Å². The summed E-state index contributed by atoms with van der Waals surface area (Å²) < 4.78 is 0. The maximum Gasteiger partial charge on any atom is 0.252 e. The average molecular weight is 254 g/mol. The molecule has 2 aromatic rings. The summed E-state index contributed by atoms with van der Waals surface area (Å²) in [6.07, 6.45) is 2.41. The van der Waals surface area contributed by atoms with Gasteiger partial charge in [0.25, 0.3) is 5.91 Å². The Morgan fingerprint density at radius 1 is 1.16 bits per heavy atom. The SMILES string of the molecule is O=C(N[C@H]1C[C@H]1c1ccccc1)c1ccc(=O)[nH]c1. The van der Waals surface area contributed by atoms with E-state index in [0.29, 0.717) is 11.5 Å². The van der Waals surface area contributed by atoms with Crippen molar-refractivity contribution >= 4 is 5.91 Å². The van der Waals surface area contributed by atoms with Crippen molar-refractivity contribution in [2.45, 2.75) is 18.4 Å². The Kier molecular flexibility index (Phi) is 2.91. The standard InChI is InChI=1S/C15H14N2O2/c18-14-7-6-11(9-16-14)15(19)17-13-8-12(13)10-4-2-1-3-5-10/h1-7,9,12-13H,8H2,(H,16,18)(H,17,19)/t12-,13-/m0/s1. The molecule has 19 heavy (non-hydrogen) atoms. The summed E-state index contributed by atoms with van der Waals surface area (Å²) in [6.45, 7) is 0. The second-order valence-corrected chi connectivity index (χ2v) is 4.77. The minimum atomic E-state index is -0.204. The van der Waals surface area contributed by atoms with Gasteiger partial charge in [-0.1, -0.05) is 30.3 Å². The lowest BCUT2D eigenvalue weighted by molar-refractivity contribution is 0.0950. The van der Waals surface area contributed by atoms with Crippen molar-refractivity contribution in [2.75, 3.05) is 0 Å². The van der Waals surface area contributed by atoms with E-state index >= 15 is 0 Å². The van der Waals surface area contributed by atoms with E-state index < -0.39 is 0 Å². The largest absolute Gasteiger partial charge is 0.349 e.